The molecule has 0 radical (unpaired) electrons. The minimum absolute atomic E-state index is 0.156. The van der Waals surface area contributed by atoms with Crippen LogP contribution in [0, 0.1) is 11.6 Å². The second-order valence-electron chi connectivity index (χ2n) is 3.43. The molecule has 1 aromatic rings. The molecule has 1 unspecified atom stereocenters. The summed E-state index contributed by atoms with van der Waals surface area (Å²) in [6.45, 7) is 0. The van der Waals surface area contributed by atoms with Crippen molar-refractivity contribution in [3.8, 4) is 0 Å². The molecule has 6 heteroatoms. The number of halogens is 5. The van der Waals surface area contributed by atoms with Gasteiger partial charge in [0, 0.05) is 12.5 Å². The van der Waals surface area contributed by atoms with E-state index in [9.17, 15) is 22.0 Å². The van der Waals surface area contributed by atoms with Gasteiger partial charge in [-0.05, 0) is 24.1 Å². The first-order chi connectivity index (χ1) is 7.29. The zero-order chi connectivity index (χ0) is 12.3. The number of nitrogens with two attached hydrogens (primary N) is 1. The van der Waals surface area contributed by atoms with Gasteiger partial charge in [-0.15, -0.1) is 0 Å². The predicted molar refractivity (Wildman–Crippen MR) is 48.6 cm³/mol. The highest BCUT2D eigenvalue weighted by Crippen LogP contribution is 2.26. The SMILES string of the molecule is NC(CCC(F)(F)F)c1ccc(F)c(F)c1. The lowest BCUT2D eigenvalue weighted by molar-refractivity contribution is -0.136. The number of alkyl halides is 3. The van der Waals surface area contributed by atoms with Crippen LogP contribution >= 0.6 is 0 Å². The van der Waals surface area contributed by atoms with Crippen LogP contribution in [0.4, 0.5) is 22.0 Å². The molecule has 0 bridgehead atoms. The van der Waals surface area contributed by atoms with Gasteiger partial charge < -0.3 is 5.73 Å². The highest BCUT2D eigenvalue weighted by atomic mass is 19.4. The zero-order valence-corrected chi connectivity index (χ0v) is 8.19. The lowest BCUT2D eigenvalue weighted by atomic mass is 10.0. The fourth-order valence-corrected chi connectivity index (χ4v) is 1.23. The first-order valence-electron chi connectivity index (χ1n) is 4.57. The van der Waals surface area contributed by atoms with Crippen molar-refractivity contribution >= 4 is 0 Å². The van der Waals surface area contributed by atoms with Gasteiger partial charge >= 0.3 is 6.18 Å². The molecule has 90 valence electrons. The van der Waals surface area contributed by atoms with Gasteiger partial charge in [0.1, 0.15) is 0 Å². The van der Waals surface area contributed by atoms with E-state index in [1.165, 1.54) is 6.07 Å². The summed E-state index contributed by atoms with van der Waals surface area (Å²) in [5.41, 5.74) is 5.59. The van der Waals surface area contributed by atoms with Crippen molar-refractivity contribution in [3.05, 3.63) is 35.4 Å². The number of hydrogen-bond donors (Lipinski definition) is 1. The maximum Gasteiger partial charge on any atom is 0.389 e. The highest BCUT2D eigenvalue weighted by molar-refractivity contribution is 5.20. The molecular weight excluding hydrogens is 229 g/mol. The molecule has 1 atom stereocenters. The second kappa shape index (κ2) is 4.78. The first-order valence-corrected chi connectivity index (χ1v) is 4.57. The lowest BCUT2D eigenvalue weighted by Gasteiger charge is -2.13. The topological polar surface area (TPSA) is 26.0 Å². The van der Waals surface area contributed by atoms with Gasteiger partial charge in [0.2, 0.25) is 0 Å². The van der Waals surface area contributed by atoms with Crippen molar-refractivity contribution in [2.24, 2.45) is 5.73 Å². The van der Waals surface area contributed by atoms with E-state index in [0.29, 0.717) is 0 Å². The van der Waals surface area contributed by atoms with Crippen molar-refractivity contribution in [1.82, 2.24) is 0 Å². The molecule has 1 nitrogen and oxygen atoms in total. The Morgan fingerprint density at radius 3 is 2.25 bits per heavy atom. The largest absolute Gasteiger partial charge is 0.389 e. The Morgan fingerprint density at radius 1 is 1.12 bits per heavy atom. The third-order valence-corrected chi connectivity index (χ3v) is 2.11. The maximum absolute atomic E-state index is 12.8. The van der Waals surface area contributed by atoms with E-state index in [-0.39, 0.29) is 12.0 Å². The van der Waals surface area contributed by atoms with Crippen LogP contribution < -0.4 is 5.73 Å². The fraction of sp³-hybridized carbons (Fsp3) is 0.400. The van der Waals surface area contributed by atoms with Gasteiger partial charge in [-0.1, -0.05) is 6.07 Å². The summed E-state index contributed by atoms with van der Waals surface area (Å²) in [5.74, 6) is -2.16. The van der Waals surface area contributed by atoms with Gasteiger partial charge in [0.05, 0.1) is 0 Å². The molecule has 0 aromatic heterocycles. The molecule has 16 heavy (non-hydrogen) atoms. The summed E-state index contributed by atoms with van der Waals surface area (Å²) in [4.78, 5) is 0. The molecule has 0 fully saturated rings. The molecule has 1 rings (SSSR count). The van der Waals surface area contributed by atoms with Crippen LogP contribution in [0.15, 0.2) is 18.2 Å². The first kappa shape index (κ1) is 12.9. The van der Waals surface area contributed by atoms with E-state index >= 15 is 0 Å². The molecule has 0 spiro atoms. The van der Waals surface area contributed by atoms with Gasteiger partial charge in [0.25, 0.3) is 0 Å². The Hall–Kier alpha value is -1.17. The second-order valence-corrected chi connectivity index (χ2v) is 3.43. The minimum Gasteiger partial charge on any atom is -0.324 e. The van der Waals surface area contributed by atoms with Crippen LogP contribution in [0.5, 0.6) is 0 Å². The van der Waals surface area contributed by atoms with Gasteiger partial charge in [-0.3, -0.25) is 0 Å². The Labute approximate surface area is 89.1 Å². The Bertz CT molecular complexity index is 361. The average molecular weight is 239 g/mol. The van der Waals surface area contributed by atoms with Crippen molar-refractivity contribution in [2.75, 3.05) is 0 Å². The maximum atomic E-state index is 12.8. The normalized spacial score (nSPS) is 13.9. The Kier molecular flexibility index (Phi) is 3.85. The van der Waals surface area contributed by atoms with E-state index in [2.05, 4.69) is 0 Å². The quantitative estimate of drug-likeness (QED) is 0.804. The molecule has 0 amide bonds. The number of hydrogen-bond acceptors (Lipinski definition) is 1. The van der Waals surface area contributed by atoms with Crippen LogP contribution in [-0.4, -0.2) is 6.18 Å². The lowest BCUT2D eigenvalue weighted by Crippen LogP contribution is -2.16. The van der Waals surface area contributed by atoms with Crippen molar-refractivity contribution in [1.29, 1.82) is 0 Å². The van der Waals surface area contributed by atoms with Crippen LogP contribution in [-0.2, 0) is 0 Å². The van der Waals surface area contributed by atoms with Gasteiger partial charge in [0.15, 0.2) is 11.6 Å². The molecule has 2 N–H and O–H groups in total. The van der Waals surface area contributed by atoms with Crippen molar-refractivity contribution < 1.29 is 22.0 Å². The van der Waals surface area contributed by atoms with Gasteiger partial charge in [-0.2, -0.15) is 13.2 Å². The molecule has 0 saturated carbocycles. The van der Waals surface area contributed by atoms with Gasteiger partial charge in [-0.25, -0.2) is 8.78 Å². The molecular formula is C10H10F5N. The van der Waals surface area contributed by atoms with E-state index in [4.69, 9.17) is 5.73 Å². The fourth-order valence-electron chi connectivity index (χ4n) is 1.23. The van der Waals surface area contributed by atoms with E-state index in [0.717, 1.165) is 12.1 Å². The van der Waals surface area contributed by atoms with Crippen molar-refractivity contribution in [2.45, 2.75) is 25.1 Å². The molecule has 0 aliphatic rings. The number of benzene rings is 1. The monoisotopic (exact) mass is 239 g/mol. The molecule has 0 aliphatic carbocycles. The van der Waals surface area contributed by atoms with Crippen LogP contribution in [0.3, 0.4) is 0 Å². The van der Waals surface area contributed by atoms with Crippen LogP contribution in [0.25, 0.3) is 0 Å². The Balaban J connectivity index is 2.66. The predicted octanol–water partition coefficient (Wildman–Crippen LogP) is 3.31. The van der Waals surface area contributed by atoms with Crippen LogP contribution in [0.1, 0.15) is 24.4 Å². The van der Waals surface area contributed by atoms with Crippen LogP contribution in [0.2, 0.25) is 0 Å². The van der Waals surface area contributed by atoms with E-state index < -0.39 is 30.3 Å². The van der Waals surface area contributed by atoms with E-state index in [1.807, 2.05) is 0 Å². The van der Waals surface area contributed by atoms with Crippen molar-refractivity contribution in [3.63, 3.8) is 0 Å². The summed E-state index contributed by atoms with van der Waals surface area (Å²) in [7, 11) is 0. The molecule has 0 heterocycles. The zero-order valence-electron chi connectivity index (χ0n) is 8.19. The summed E-state index contributed by atoms with van der Waals surface area (Å²) in [6, 6.07) is 1.89. The summed E-state index contributed by atoms with van der Waals surface area (Å²) < 4.78 is 61.0. The summed E-state index contributed by atoms with van der Waals surface area (Å²) >= 11 is 0. The molecule has 1 aromatic carbocycles. The standard InChI is InChI=1S/C10H10F5N/c11-7-2-1-6(5-8(7)12)9(16)3-4-10(13,14)15/h1-2,5,9H,3-4,16H2. The third-order valence-electron chi connectivity index (χ3n) is 2.11. The van der Waals surface area contributed by atoms with E-state index in [1.54, 1.807) is 0 Å². The molecule has 0 aliphatic heterocycles. The third kappa shape index (κ3) is 3.77. The number of rotatable bonds is 3. The highest BCUT2D eigenvalue weighted by Gasteiger charge is 2.27. The summed E-state index contributed by atoms with van der Waals surface area (Å²) in [5, 5.41) is 0. The molecule has 0 saturated heterocycles. The smallest absolute Gasteiger partial charge is 0.324 e. The summed E-state index contributed by atoms with van der Waals surface area (Å²) in [6.07, 6.45) is -5.70. The average Bonchev–Trinajstić information content (AvgIpc) is 2.17. The Morgan fingerprint density at radius 2 is 1.75 bits per heavy atom. The minimum atomic E-state index is -4.30.